The van der Waals surface area contributed by atoms with Gasteiger partial charge in [-0.25, -0.2) is 0 Å². The van der Waals surface area contributed by atoms with Crippen LogP contribution < -0.4 is 5.32 Å². The third-order valence-corrected chi connectivity index (χ3v) is 4.75. The molecule has 0 aliphatic carbocycles. The van der Waals surface area contributed by atoms with E-state index in [1.807, 2.05) is 0 Å². The Morgan fingerprint density at radius 2 is 2.15 bits per heavy atom. The summed E-state index contributed by atoms with van der Waals surface area (Å²) in [5.74, 6) is -0.343. The summed E-state index contributed by atoms with van der Waals surface area (Å²) in [7, 11) is 1.53. The van der Waals surface area contributed by atoms with E-state index in [0.717, 1.165) is 19.4 Å². The van der Waals surface area contributed by atoms with Crippen LogP contribution in [0.1, 0.15) is 23.3 Å². The Labute approximate surface area is 166 Å². The molecule has 7 nitrogen and oxygen atoms in total. The number of ether oxygens (including phenoxy) is 1. The van der Waals surface area contributed by atoms with E-state index in [9.17, 15) is 9.59 Å². The van der Waals surface area contributed by atoms with Crippen molar-refractivity contribution in [2.75, 3.05) is 26.7 Å². The maximum atomic E-state index is 12.5. The first kappa shape index (κ1) is 19.7. The quantitative estimate of drug-likeness (QED) is 0.789. The summed E-state index contributed by atoms with van der Waals surface area (Å²) >= 11 is 12.0. The summed E-state index contributed by atoms with van der Waals surface area (Å²) in [6.45, 7) is 1.09. The first-order valence-corrected chi connectivity index (χ1v) is 9.25. The van der Waals surface area contributed by atoms with Crippen LogP contribution in [0.3, 0.4) is 0 Å². The van der Waals surface area contributed by atoms with Gasteiger partial charge in [0.05, 0.1) is 17.7 Å². The minimum atomic E-state index is -0.428. The second kappa shape index (κ2) is 8.73. The number of likely N-dealkylation sites (N-methyl/N-ethyl adjacent to an activating group) is 1. The zero-order valence-electron chi connectivity index (χ0n) is 14.7. The van der Waals surface area contributed by atoms with E-state index in [4.69, 9.17) is 32.5 Å². The Kier molecular flexibility index (Phi) is 6.36. The minimum Gasteiger partial charge on any atom is -0.376 e. The zero-order valence-corrected chi connectivity index (χ0v) is 16.2. The van der Waals surface area contributed by atoms with E-state index in [-0.39, 0.29) is 24.2 Å². The van der Waals surface area contributed by atoms with Crippen LogP contribution in [0.2, 0.25) is 10.0 Å². The number of carbonyl (C=O) groups is 2. The van der Waals surface area contributed by atoms with Crippen LogP contribution in [0.5, 0.6) is 0 Å². The molecule has 0 saturated carbocycles. The molecular weight excluding hydrogens is 393 g/mol. The van der Waals surface area contributed by atoms with Gasteiger partial charge in [0, 0.05) is 36.9 Å². The topological polar surface area (TPSA) is 84.7 Å². The van der Waals surface area contributed by atoms with Gasteiger partial charge in [0.2, 0.25) is 5.91 Å². The number of rotatable bonds is 6. The van der Waals surface area contributed by atoms with Gasteiger partial charge in [0.1, 0.15) is 0 Å². The highest BCUT2D eigenvalue weighted by Crippen LogP contribution is 2.30. The predicted octanol–water partition coefficient (Wildman–Crippen LogP) is 3.02. The summed E-state index contributed by atoms with van der Waals surface area (Å²) in [4.78, 5) is 25.8. The molecule has 1 saturated heterocycles. The first-order chi connectivity index (χ1) is 12.9. The van der Waals surface area contributed by atoms with Crippen molar-refractivity contribution in [3.63, 3.8) is 0 Å². The lowest BCUT2D eigenvalue weighted by atomic mass is 10.1. The number of aromatic nitrogens is 1. The number of halogens is 2. The third-order valence-electron chi connectivity index (χ3n) is 4.20. The van der Waals surface area contributed by atoms with Crippen LogP contribution in [0, 0.1) is 0 Å². The SMILES string of the molecule is CN(CC(=O)NC[C@@H]1CCCO1)C(=O)c1cc(-c2ccc(Cl)cc2Cl)on1. The molecule has 0 bridgehead atoms. The molecule has 1 N–H and O–H groups in total. The average Bonchev–Trinajstić information content (AvgIpc) is 3.31. The summed E-state index contributed by atoms with van der Waals surface area (Å²) in [6.07, 6.45) is 1.99. The van der Waals surface area contributed by atoms with Crippen LogP contribution in [0.15, 0.2) is 28.8 Å². The van der Waals surface area contributed by atoms with Gasteiger partial charge >= 0.3 is 0 Å². The molecule has 1 fully saturated rings. The molecular formula is C18H19Cl2N3O4. The molecule has 1 atom stereocenters. The van der Waals surface area contributed by atoms with E-state index in [1.165, 1.54) is 18.0 Å². The van der Waals surface area contributed by atoms with Crippen molar-refractivity contribution in [1.82, 2.24) is 15.4 Å². The fourth-order valence-electron chi connectivity index (χ4n) is 2.76. The molecule has 0 radical (unpaired) electrons. The molecule has 2 heterocycles. The Hall–Kier alpha value is -2.09. The molecule has 3 rings (SSSR count). The van der Waals surface area contributed by atoms with Gasteiger partial charge in [0.25, 0.3) is 5.91 Å². The van der Waals surface area contributed by atoms with Crippen LogP contribution in [0.4, 0.5) is 0 Å². The Balaban J connectivity index is 1.58. The molecule has 1 aliphatic heterocycles. The maximum Gasteiger partial charge on any atom is 0.276 e. The maximum absolute atomic E-state index is 12.5. The van der Waals surface area contributed by atoms with E-state index in [2.05, 4.69) is 10.5 Å². The van der Waals surface area contributed by atoms with Gasteiger partial charge in [-0.15, -0.1) is 0 Å². The van der Waals surface area contributed by atoms with Crippen LogP contribution in [-0.2, 0) is 9.53 Å². The van der Waals surface area contributed by atoms with Gasteiger partial charge in [-0.3, -0.25) is 9.59 Å². The summed E-state index contributed by atoms with van der Waals surface area (Å²) in [5.41, 5.74) is 0.662. The van der Waals surface area contributed by atoms with Crippen molar-refractivity contribution in [2.45, 2.75) is 18.9 Å². The third kappa shape index (κ3) is 5.00. The van der Waals surface area contributed by atoms with Gasteiger partial charge in [-0.2, -0.15) is 0 Å². The van der Waals surface area contributed by atoms with Gasteiger partial charge in [0.15, 0.2) is 11.5 Å². The molecule has 2 amide bonds. The molecule has 1 aromatic carbocycles. The van der Waals surface area contributed by atoms with Crippen molar-refractivity contribution < 1.29 is 18.8 Å². The number of hydrogen-bond acceptors (Lipinski definition) is 5. The number of carbonyl (C=O) groups excluding carboxylic acids is 2. The molecule has 2 aromatic rings. The van der Waals surface area contributed by atoms with Crippen molar-refractivity contribution in [2.24, 2.45) is 0 Å². The highest BCUT2D eigenvalue weighted by atomic mass is 35.5. The lowest BCUT2D eigenvalue weighted by molar-refractivity contribution is -0.122. The monoisotopic (exact) mass is 411 g/mol. The summed E-state index contributed by atoms with van der Waals surface area (Å²) < 4.78 is 10.7. The second-order valence-corrected chi connectivity index (χ2v) is 7.14. The molecule has 0 unspecified atom stereocenters. The fraction of sp³-hybridized carbons (Fsp3) is 0.389. The highest BCUT2D eigenvalue weighted by molar-refractivity contribution is 6.36. The lowest BCUT2D eigenvalue weighted by Gasteiger charge is -2.16. The molecule has 9 heteroatoms. The number of benzene rings is 1. The second-order valence-electron chi connectivity index (χ2n) is 6.30. The van der Waals surface area contributed by atoms with E-state index >= 15 is 0 Å². The van der Waals surface area contributed by atoms with Crippen LogP contribution >= 0.6 is 23.2 Å². The summed E-state index contributed by atoms with van der Waals surface area (Å²) in [5, 5.41) is 7.44. The van der Waals surface area contributed by atoms with E-state index < -0.39 is 5.91 Å². The minimum absolute atomic E-state index is 0.0529. The normalized spacial score (nSPS) is 16.3. The molecule has 1 aromatic heterocycles. The lowest BCUT2D eigenvalue weighted by Crippen LogP contribution is -2.41. The smallest absolute Gasteiger partial charge is 0.276 e. The number of hydrogen-bond donors (Lipinski definition) is 1. The largest absolute Gasteiger partial charge is 0.376 e. The zero-order chi connectivity index (χ0) is 19.4. The van der Waals surface area contributed by atoms with Crippen molar-refractivity contribution >= 4 is 35.0 Å². The van der Waals surface area contributed by atoms with E-state index in [0.29, 0.717) is 27.9 Å². The first-order valence-electron chi connectivity index (χ1n) is 8.50. The fourth-order valence-corrected chi connectivity index (χ4v) is 3.27. The molecule has 144 valence electrons. The Morgan fingerprint density at radius 3 is 2.85 bits per heavy atom. The molecule has 1 aliphatic rings. The van der Waals surface area contributed by atoms with Crippen molar-refractivity contribution in [3.05, 3.63) is 40.0 Å². The number of nitrogens with zero attached hydrogens (tertiary/aromatic N) is 2. The molecule has 0 spiro atoms. The predicted molar refractivity (Wildman–Crippen MR) is 101 cm³/mol. The highest BCUT2D eigenvalue weighted by Gasteiger charge is 2.21. The van der Waals surface area contributed by atoms with Crippen LogP contribution in [-0.4, -0.2) is 54.7 Å². The van der Waals surface area contributed by atoms with Crippen LogP contribution in [0.25, 0.3) is 11.3 Å². The Bertz CT molecular complexity index is 834. The molecule has 27 heavy (non-hydrogen) atoms. The van der Waals surface area contributed by atoms with E-state index in [1.54, 1.807) is 18.2 Å². The van der Waals surface area contributed by atoms with Gasteiger partial charge in [-0.05, 0) is 31.0 Å². The van der Waals surface area contributed by atoms with Crippen molar-refractivity contribution in [1.29, 1.82) is 0 Å². The van der Waals surface area contributed by atoms with Gasteiger partial charge < -0.3 is 19.5 Å². The standard InChI is InChI=1S/C18H19Cl2N3O4/c1-23(10-17(24)21-9-12-3-2-6-26-12)18(25)15-8-16(27-22-15)13-5-4-11(19)7-14(13)20/h4-5,7-8,12H,2-3,6,9-10H2,1H3,(H,21,24)/t12-/m0/s1. The number of nitrogens with one attached hydrogen (secondary N) is 1. The number of amides is 2. The average molecular weight is 412 g/mol. The van der Waals surface area contributed by atoms with Gasteiger partial charge in [-0.1, -0.05) is 28.4 Å². The summed E-state index contributed by atoms with van der Waals surface area (Å²) in [6, 6.07) is 6.41. The Morgan fingerprint density at radius 1 is 1.33 bits per heavy atom. The van der Waals surface area contributed by atoms with Crippen molar-refractivity contribution in [3.8, 4) is 11.3 Å².